The van der Waals surface area contributed by atoms with E-state index in [2.05, 4.69) is 42.0 Å². The van der Waals surface area contributed by atoms with E-state index in [-0.39, 0.29) is 0 Å². The molecule has 1 saturated heterocycles. The zero-order valence-electron chi connectivity index (χ0n) is 11.8. The molecule has 3 nitrogen and oxygen atoms in total. The summed E-state index contributed by atoms with van der Waals surface area (Å²) in [7, 11) is 0. The van der Waals surface area contributed by atoms with Gasteiger partial charge in [0.25, 0.3) is 0 Å². The molecule has 1 aromatic heterocycles. The molecule has 0 radical (unpaired) electrons. The summed E-state index contributed by atoms with van der Waals surface area (Å²) in [6.07, 6.45) is 4.44. The molecule has 0 bridgehead atoms. The number of nitrogens with one attached hydrogen (secondary N) is 1. The number of hydrogen-bond donors (Lipinski definition) is 1. The second kappa shape index (κ2) is 6.19. The first-order valence-electron chi connectivity index (χ1n) is 7.06. The lowest BCUT2D eigenvalue weighted by atomic mass is 9.96. The van der Waals surface area contributed by atoms with Crippen LogP contribution in [-0.4, -0.2) is 30.7 Å². The van der Waals surface area contributed by atoms with Crippen molar-refractivity contribution in [3.8, 4) is 0 Å². The summed E-state index contributed by atoms with van der Waals surface area (Å²) in [4.78, 5) is 6.94. The number of rotatable bonds is 4. The van der Waals surface area contributed by atoms with Gasteiger partial charge in [0.15, 0.2) is 0 Å². The van der Waals surface area contributed by atoms with Crippen molar-refractivity contribution in [3.05, 3.63) is 23.9 Å². The molecule has 100 valence electrons. The van der Waals surface area contributed by atoms with Gasteiger partial charge in [-0.25, -0.2) is 4.98 Å². The van der Waals surface area contributed by atoms with Gasteiger partial charge in [0.05, 0.1) is 0 Å². The van der Waals surface area contributed by atoms with Crippen LogP contribution in [0.2, 0.25) is 0 Å². The molecular weight excluding hydrogens is 222 g/mol. The van der Waals surface area contributed by atoms with Gasteiger partial charge >= 0.3 is 0 Å². The van der Waals surface area contributed by atoms with Crippen LogP contribution in [0.25, 0.3) is 0 Å². The number of anilines is 1. The maximum Gasteiger partial charge on any atom is 0.131 e. The number of nitrogens with zero attached hydrogens (tertiary/aromatic N) is 2. The second-order valence-electron chi connectivity index (χ2n) is 5.64. The first kappa shape index (κ1) is 13.3. The van der Waals surface area contributed by atoms with E-state index in [1.165, 1.54) is 24.2 Å². The van der Waals surface area contributed by atoms with Crippen LogP contribution in [-0.2, 0) is 0 Å². The van der Waals surface area contributed by atoms with Gasteiger partial charge in [-0.3, -0.25) is 0 Å². The number of hydrogen-bond acceptors (Lipinski definition) is 3. The summed E-state index contributed by atoms with van der Waals surface area (Å²) in [5, 5.41) is 3.55. The minimum absolute atomic E-state index is 0.598. The van der Waals surface area contributed by atoms with Crippen LogP contribution in [0.3, 0.4) is 0 Å². The molecule has 0 aromatic carbocycles. The van der Waals surface area contributed by atoms with Gasteiger partial charge in [-0.05, 0) is 43.9 Å². The van der Waals surface area contributed by atoms with Crippen molar-refractivity contribution in [1.29, 1.82) is 0 Å². The van der Waals surface area contributed by atoms with E-state index in [0.29, 0.717) is 6.04 Å². The van der Waals surface area contributed by atoms with Crippen molar-refractivity contribution in [2.24, 2.45) is 5.92 Å². The van der Waals surface area contributed by atoms with E-state index in [0.717, 1.165) is 25.6 Å². The smallest absolute Gasteiger partial charge is 0.131 e. The van der Waals surface area contributed by atoms with Gasteiger partial charge in [-0.15, -0.1) is 0 Å². The zero-order chi connectivity index (χ0) is 13.0. The van der Waals surface area contributed by atoms with Crippen LogP contribution in [0.15, 0.2) is 18.3 Å². The average Bonchev–Trinajstić information content (AvgIpc) is 2.38. The first-order valence-corrected chi connectivity index (χ1v) is 7.06. The summed E-state index contributed by atoms with van der Waals surface area (Å²) in [6.45, 7) is 10.0. The highest BCUT2D eigenvalue weighted by molar-refractivity contribution is 5.46. The molecule has 2 heterocycles. The minimum Gasteiger partial charge on any atom is -0.356 e. The second-order valence-corrected chi connectivity index (χ2v) is 5.64. The van der Waals surface area contributed by atoms with E-state index in [1.807, 2.05) is 12.3 Å². The Morgan fingerprint density at radius 3 is 2.72 bits per heavy atom. The maximum atomic E-state index is 4.51. The van der Waals surface area contributed by atoms with Crippen LogP contribution in [0.4, 0.5) is 5.82 Å². The Morgan fingerprint density at radius 2 is 2.11 bits per heavy atom. The van der Waals surface area contributed by atoms with Crippen molar-refractivity contribution in [2.45, 2.75) is 39.7 Å². The Kier molecular flexibility index (Phi) is 4.59. The van der Waals surface area contributed by atoms with E-state index >= 15 is 0 Å². The third-order valence-corrected chi connectivity index (χ3v) is 3.71. The highest BCUT2D eigenvalue weighted by Crippen LogP contribution is 2.23. The molecule has 3 heteroatoms. The predicted molar refractivity (Wildman–Crippen MR) is 77.0 cm³/mol. The van der Waals surface area contributed by atoms with Crippen LogP contribution < -0.4 is 10.2 Å². The third-order valence-electron chi connectivity index (χ3n) is 3.71. The SMILES string of the molecule is Cc1cccnc1N1CCC(CNC(C)C)CC1. The summed E-state index contributed by atoms with van der Waals surface area (Å²) in [5.74, 6) is 2.00. The molecule has 2 rings (SSSR count). The number of pyridine rings is 1. The van der Waals surface area contributed by atoms with Crippen molar-refractivity contribution in [3.63, 3.8) is 0 Å². The van der Waals surface area contributed by atoms with Gasteiger partial charge in [0, 0.05) is 25.3 Å². The fourth-order valence-corrected chi connectivity index (χ4v) is 2.56. The van der Waals surface area contributed by atoms with Gasteiger partial charge < -0.3 is 10.2 Å². The fourth-order valence-electron chi connectivity index (χ4n) is 2.56. The molecule has 1 aliphatic heterocycles. The molecule has 1 N–H and O–H groups in total. The van der Waals surface area contributed by atoms with Crippen molar-refractivity contribution in [1.82, 2.24) is 10.3 Å². The number of piperidine rings is 1. The monoisotopic (exact) mass is 247 g/mol. The molecule has 0 spiro atoms. The first-order chi connectivity index (χ1) is 8.66. The molecule has 0 aliphatic carbocycles. The predicted octanol–water partition coefficient (Wildman–Crippen LogP) is 2.60. The van der Waals surface area contributed by atoms with Gasteiger partial charge in [0.2, 0.25) is 0 Å². The highest BCUT2D eigenvalue weighted by atomic mass is 15.2. The van der Waals surface area contributed by atoms with Crippen LogP contribution >= 0.6 is 0 Å². The normalized spacial score (nSPS) is 17.4. The lowest BCUT2D eigenvalue weighted by molar-refractivity contribution is 0.369. The standard InChI is InChI=1S/C15H25N3/c1-12(2)17-11-14-6-9-18(10-7-14)15-13(3)5-4-8-16-15/h4-5,8,12,14,17H,6-7,9-11H2,1-3H3. The Labute approximate surface area is 111 Å². The Bertz CT molecular complexity index is 368. The molecule has 0 atom stereocenters. The van der Waals surface area contributed by atoms with Crippen LogP contribution in [0, 0.1) is 12.8 Å². The molecule has 1 fully saturated rings. The van der Waals surface area contributed by atoms with Gasteiger partial charge in [-0.2, -0.15) is 0 Å². The summed E-state index contributed by atoms with van der Waals surface area (Å²) < 4.78 is 0. The maximum absolute atomic E-state index is 4.51. The Balaban J connectivity index is 1.85. The van der Waals surface area contributed by atoms with E-state index in [1.54, 1.807) is 0 Å². The Morgan fingerprint density at radius 1 is 1.39 bits per heavy atom. The summed E-state index contributed by atoms with van der Waals surface area (Å²) in [5.41, 5.74) is 1.29. The molecule has 1 aliphatic rings. The van der Waals surface area contributed by atoms with Crippen LogP contribution in [0.1, 0.15) is 32.3 Å². The van der Waals surface area contributed by atoms with E-state index in [9.17, 15) is 0 Å². The quantitative estimate of drug-likeness (QED) is 0.886. The van der Waals surface area contributed by atoms with Crippen molar-refractivity contribution in [2.75, 3.05) is 24.5 Å². The summed E-state index contributed by atoms with van der Waals surface area (Å²) >= 11 is 0. The molecule has 18 heavy (non-hydrogen) atoms. The lowest BCUT2D eigenvalue weighted by Gasteiger charge is -2.34. The topological polar surface area (TPSA) is 28.2 Å². The van der Waals surface area contributed by atoms with E-state index in [4.69, 9.17) is 0 Å². The molecular formula is C15H25N3. The molecule has 0 saturated carbocycles. The number of aromatic nitrogens is 1. The minimum atomic E-state index is 0.598. The fraction of sp³-hybridized carbons (Fsp3) is 0.667. The molecule has 0 unspecified atom stereocenters. The lowest BCUT2D eigenvalue weighted by Crippen LogP contribution is -2.39. The van der Waals surface area contributed by atoms with Crippen LogP contribution in [0.5, 0.6) is 0 Å². The molecule has 0 amide bonds. The summed E-state index contributed by atoms with van der Waals surface area (Å²) in [6, 6.07) is 4.76. The largest absolute Gasteiger partial charge is 0.356 e. The van der Waals surface area contributed by atoms with Gasteiger partial charge in [0.1, 0.15) is 5.82 Å². The van der Waals surface area contributed by atoms with Gasteiger partial charge in [-0.1, -0.05) is 19.9 Å². The number of aryl methyl sites for hydroxylation is 1. The third kappa shape index (κ3) is 3.45. The van der Waals surface area contributed by atoms with Crippen molar-refractivity contribution < 1.29 is 0 Å². The average molecular weight is 247 g/mol. The zero-order valence-corrected chi connectivity index (χ0v) is 11.8. The highest BCUT2D eigenvalue weighted by Gasteiger charge is 2.20. The molecule has 1 aromatic rings. The van der Waals surface area contributed by atoms with Crippen molar-refractivity contribution >= 4 is 5.82 Å². The Hall–Kier alpha value is -1.09. The van der Waals surface area contributed by atoms with E-state index < -0.39 is 0 Å².